The average Bonchev–Trinajstić information content (AvgIpc) is 2.87. The van der Waals surface area contributed by atoms with Crippen LogP contribution in [-0.2, 0) is 20.9 Å². The summed E-state index contributed by atoms with van der Waals surface area (Å²) >= 11 is 0. The Labute approximate surface area is 217 Å². The van der Waals surface area contributed by atoms with Crippen LogP contribution in [0.5, 0.6) is 0 Å². The molecule has 38 heavy (non-hydrogen) atoms. The molecule has 0 aliphatic carbocycles. The number of nitrogen functional groups attached to an aromatic ring is 1. The van der Waals surface area contributed by atoms with Gasteiger partial charge in [0.2, 0.25) is 11.9 Å². The zero-order valence-corrected chi connectivity index (χ0v) is 21.0. The van der Waals surface area contributed by atoms with E-state index in [0.29, 0.717) is 24.5 Å². The fourth-order valence-corrected chi connectivity index (χ4v) is 3.34. The van der Waals surface area contributed by atoms with Crippen LogP contribution in [-0.4, -0.2) is 68.1 Å². The second kappa shape index (κ2) is 13.1. The topological polar surface area (TPSA) is 214 Å². The van der Waals surface area contributed by atoms with Gasteiger partial charge in [0, 0.05) is 24.2 Å². The van der Waals surface area contributed by atoms with Crippen molar-refractivity contribution in [1.29, 1.82) is 0 Å². The Balaban J connectivity index is 1.51. The van der Waals surface area contributed by atoms with E-state index < -0.39 is 23.5 Å². The van der Waals surface area contributed by atoms with Crippen LogP contribution < -0.4 is 27.2 Å². The predicted octanol–water partition coefficient (Wildman–Crippen LogP) is 0.412. The van der Waals surface area contributed by atoms with Crippen LogP contribution in [0.4, 0.5) is 11.6 Å². The highest BCUT2D eigenvalue weighted by Crippen LogP contribution is 2.12. The van der Waals surface area contributed by atoms with Gasteiger partial charge in [-0.2, -0.15) is 4.98 Å². The van der Waals surface area contributed by atoms with Crippen molar-refractivity contribution in [3.8, 4) is 0 Å². The van der Waals surface area contributed by atoms with E-state index >= 15 is 0 Å². The normalized spacial score (nSPS) is 11.8. The summed E-state index contributed by atoms with van der Waals surface area (Å²) in [7, 11) is 0. The molecular formula is C24H30N8O6. The molecule has 14 nitrogen and oxygen atoms in total. The van der Waals surface area contributed by atoms with E-state index in [-0.39, 0.29) is 54.1 Å². The number of hydrogen-bond acceptors (Lipinski definition) is 10. The molecule has 1 atom stereocenters. The Hall–Kier alpha value is -4.59. The maximum Gasteiger partial charge on any atom is 0.326 e. The number of aliphatic carboxylic acids is 1. The van der Waals surface area contributed by atoms with Crippen LogP contribution in [0.25, 0.3) is 11.2 Å². The van der Waals surface area contributed by atoms with Crippen molar-refractivity contribution in [3.63, 3.8) is 0 Å². The molecule has 1 aromatic carbocycles. The van der Waals surface area contributed by atoms with Gasteiger partial charge in [-0.3, -0.25) is 19.4 Å². The number of ether oxygens (including phenoxy) is 1. The Morgan fingerprint density at radius 2 is 1.89 bits per heavy atom. The molecule has 0 radical (unpaired) electrons. The van der Waals surface area contributed by atoms with Gasteiger partial charge in [-0.1, -0.05) is 0 Å². The van der Waals surface area contributed by atoms with Crippen LogP contribution in [0.1, 0.15) is 42.7 Å². The van der Waals surface area contributed by atoms with E-state index in [4.69, 9.17) is 10.5 Å². The van der Waals surface area contributed by atoms with E-state index in [1.165, 1.54) is 18.3 Å². The number of nitrogens with two attached hydrogens (primary N) is 1. The number of fused-ring (bicyclic) bond motifs is 1. The Morgan fingerprint density at radius 3 is 2.58 bits per heavy atom. The molecule has 0 spiro atoms. The van der Waals surface area contributed by atoms with E-state index in [2.05, 4.69) is 35.9 Å². The van der Waals surface area contributed by atoms with E-state index in [1.54, 1.807) is 12.1 Å². The number of carboxylic acid groups (broad SMARTS) is 1. The smallest absolute Gasteiger partial charge is 0.326 e. The summed E-state index contributed by atoms with van der Waals surface area (Å²) in [6.07, 6.45) is 1.39. The molecule has 1 unspecified atom stereocenters. The quantitative estimate of drug-likeness (QED) is 0.168. The number of rotatable bonds is 13. The van der Waals surface area contributed by atoms with Crippen molar-refractivity contribution in [2.24, 2.45) is 0 Å². The number of H-pyrrole nitrogens is 1. The number of aromatic amines is 1. The summed E-state index contributed by atoms with van der Waals surface area (Å²) in [4.78, 5) is 62.7. The minimum atomic E-state index is -1.24. The molecular weight excluding hydrogens is 496 g/mol. The van der Waals surface area contributed by atoms with Gasteiger partial charge in [-0.05, 0) is 44.5 Å². The molecule has 0 aliphatic rings. The number of benzene rings is 1. The van der Waals surface area contributed by atoms with E-state index in [0.717, 1.165) is 0 Å². The number of hydrogen-bond donors (Lipinski definition) is 6. The van der Waals surface area contributed by atoms with Crippen molar-refractivity contribution in [1.82, 2.24) is 30.6 Å². The maximum atomic E-state index is 12.6. The molecule has 202 valence electrons. The van der Waals surface area contributed by atoms with Crippen LogP contribution >= 0.6 is 0 Å². The van der Waals surface area contributed by atoms with Gasteiger partial charge >= 0.3 is 5.97 Å². The molecule has 2 amide bonds. The summed E-state index contributed by atoms with van der Waals surface area (Å²) in [5, 5.41) is 17.7. The minimum Gasteiger partial charge on any atom is -0.480 e. The summed E-state index contributed by atoms with van der Waals surface area (Å²) in [5.74, 6) is -2.19. The number of anilines is 2. The number of carbonyl (C=O) groups excluding carboxylic acids is 2. The summed E-state index contributed by atoms with van der Waals surface area (Å²) < 4.78 is 5.33. The lowest BCUT2D eigenvalue weighted by atomic mass is 10.1. The first-order chi connectivity index (χ1) is 18.1. The van der Waals surface area contributed by atoms with Gasteiger partial charge in [0.05, 0.1) is 31.1 Å². The van der Waals surface area contributed by atoms with Crippen LogP contribution in [0.15, 0.2) is 35.3 Å². The van der Waals surface area contributed by atoms with E-state index in [1.807, 2.05) is 13.8 Å². The van der Waals surface area contributed by atoms with Crippen molar-refractivity contribution in [2.75, 3.05) is 24.2 Å². The highest BCUT2D eigenvalue weighted by atomic mass is 16.5. The maximum absolute atomic E-state index is 12.6. The SMILES string of the molecule is CC(C)OCCNC(=O)CCC(NC(=O)c1ccc(NCc2cnc3nc(N)[nH]c(=O)c3n2)cc1)C(=O)O. The first-order valence-corrected chi connectivity index (χ1v) is 11.9. The third kappa shape index (κ3) is 8.23. The summed E-state index contributed by atoms with van der Waals surface area (Å²) in [5.41, 5.74) is 6.60. The zero-order chi connectivity index (χ0) is 27.7. The Kier molecular flexibility index (Phi) is 9.65. The van der Waals surface area contributed by atoms with Gasteiger partial charge < -0.3 is 31.5 Å². The van der Waals surface area contributed by atoms with Crippen molar-refractivity contribution >= 4 is 40.6 Å². The summed E-state index contributed by atoms with van der Waals surface area (Å²) in [6, 6.07) is 5.11. The Bertz CT molecular complexity index is 1340. The molecule has 3 aromatic rings. The molecule has 0 bridgehead atoms. The molecule has 7 N–H and O–H groups in total. The molecule has 14 heteroatoms. The van der Waals surface area contributed by atoms with Gasteiger partial charge in [0.25, 0.3) is 11.5 Å². The monoisotopic (exact) mass is 526 g/mol. The summed E-state index contributed by atoms with van der Waals surface area (Å²) in [6.45, 7) is 4.68. The molecule has 0 saturated carbocycles. The van der Waals surface area contributed by atoms with Gasteiger partial charge in [-0.15, -0.1) is 0 Å². The van der Waals surface area contributed by atoms with E-state index in [9.17, 15) is 24.3 Å². The highest BCUT2D eigenvalue weighted by molar-refractivity contribution is 5.97. The van der Waals surface area contributed by atoms with Gasteiger partial charge in [-0.25, -0.2) is 14.8 Å². The zero-order valence-electron chi connectivity index (χ0n) is 21.0. The number of nitrogens with zero attached hydrogens (tertiary/aromatic N) is 3. The first kappa shape index (κ1) is 28.0. The second-order valence-corrected chi connectivity index (χ2v) is 8.59. The molecule has 3 rings (SSSR count). The molecule has 2 aromatic heterocycles. The number of aromatic nitrogens is 4. The lowest BCUT2D eigenvalue weighted by molar-refractivity contribution is -0.139. The lowest BCUT2D eigenvalue weighted by Gasteiger charge is -2.15. The lowest BCUT2D eigenvalue weighted by Crippen LogP contribution is -2.41. The molecule has 0 aliphatic heterocycles. The fourth-order valence-electron chi connectivity index (χ4n) is 3.34. The van der Waals surface area contributed by atoms with Crippen LogP contribution in [0, 0.1) is 0 Å². The van der Waals surface area contributed by atoms with Crippen LogP contribution in [0.3, 0.4) is 0 Å². The van der Waals surface area contributed by atoms with Crippen LogP contribution in [0.2, 0.25) is 0 Å². The fraction of sp³-hybridized carbons (Fsp3) is 0.375. The average molecular weight is 527 g/mol. The largest absolute Gasteiger partial charge is 0.480 e. The minimum absolute atomic E-state index is 0.0463. The Morgan fingerprint density at radius 1 is 1.16 bits per heavy atom. The third-order valence-corrected chi connectivity index (χ3v) is 5.25. The van der Waals surface area contributed by atoms with Gasteiger partial charge in [0.1, 0.15) is 6.04 Å². The highest BCUT2D eigenvalue weighted by Gasteiger charge is 2.21. The first-order valence-electron chi connectivity index (χ1n) is 11.9. The second-order valence-electron chi connectivity index (χ2n) is 8.59. The molecule has 2 heterocycles. The number of nitrogens with one attached hydrogen (secondary N) is 4. The van der Waals surface area contributed by atoms with Gasteiger partial charge in [0.15, 0.2) is 11.2 Å². The standard InChI is InChI=1S/C24H30N8O6/c1-13(2)38-10-9-26-18(33)8-7-17(23(36)37)30-21(34)14-3-5-15(6-4-14)27-11-16-12-28-20-19(29-16)22(35)32-24(25)31-20/h3-6,12-13,17,27H,7-11H2,1-2H3,(H,26,33)(H,30,34)(H,36,37)(H3,25,28,31,32,35). The van der Waals surface area contributed by atoms with Crippen molar-refractivity contribution < 1.29 is 24.2 Å². The number of carbonyl (C=O) groups is 3. The third-order valence-electron chi connectivity index (χ3n) is 5.25. The number of carboxylic acids is 1. The van der Waals surface area contributed by atoms with Crippen molar-refractivity contribution in [3.05, 3.63) is 52.1 Å². The van der Waals surface area contributed by atoms with Crippen molar-refractivity contribution in [2.45, 2.75) is 45.4 Å². The molecule has 0 saturated heterocycles. The molecule has 0 fully saturated rings. The predicted molar refractivity (Wildman–Crippen MR) is 138 cm³/mol. The number of amides is 2.